The minimum absolute atomic E-state index is 0.0870. The van der Waals surface area contributed by atoms with Crippen LogP contribution in [0.25, 0.3) is 10.9 Å². The summed E-state index contributed by atoms with van der Waals surface area (Å²) >= 11 is 0. The van der Waals surface area contributed by atoms with E-state index < -0.39 is 23.9 Å². The molecule has 1 aromatic carbocycles. The largest absolute Gasteiger partial charge is 0.480 e. The molecule has 1 heterocycles. The van der Waals surface area contributed by atoms with Crippen molar-refractivity contribution in [2.75, 3.05) is 19.3 Å². The summed E-state index contributed by atoms with van der Waals surface area (Å²) in [6, 6.07) is 5.09. The molecule has 7 heteroatoms. The molecule has 0 unspecified atom stereocenters. The Hall–Kier alpha value is -2.83. The highest BCUT2D eigenvalue weighted by molar-refractivity contribution is 6.00. The number of anilines is 1. The highest BCUT2D eigenvalue weighted by Gasteiger charge is 2.20. The number of benzene rings is 1. The zero-order valence-electron chi connectivity index (χ0n) is 12.4. The molecule has 0 saturated carbocycles. The Morgan fingerprint density at radius 3 is 2.64 bits per heavy atom. The highest BCUT2D eigenvalue weighted by Crippen LogP contribution is 2.18. The van der Waals surface area contributed by atoms with E-state index in [4.69, 9.17) is 10.8 Å². The minimum atomic E-state index is -1.15. The molecule has 2 aromatic rings. The highest BCUT2D eigenvalue weighted by atomic mass is 16.4. The number of carbonyl (C=O) groups excluding carboxylic acids is 1. The first-order chi connectivity index (χ1) is 10.4. The summed E-state index contributed by atoms with van der Waals surface area (Å²) in [6.07, 6.45) is 1.45. The Bertz CT molecular complexity index is 810. The zero-order chi connectivity index (χ0) is 16.4. The van der Waals surface area contributed by atoms with Gasteiger partial charge in [0.15, 0.2) is 0 Å². The van der Waals surface area contributed by atoms with Crippen LogP contribution in [0.3, 0.4) is 0 Å². The number of carboxylic acid groups (broad SMARTS) is 1. The number of likely N-dealkylation sites (N-methyl/N-ethyl adjacent to an activating group) is 1. The van der Waals surface area contributed by atoms with Crippen LogP contribution >= 0.6 is 0 Å². The number of rotatable bonds is 4. The van der Waals surface area contributed by atoms with Crippen LogP contribution in [-0.4, -0.2) is 40.0 Å². The van der Waals surface area contributed by atoms with Crippen LogP contribution in [0.4, 0.5) is 5.69 Å². The first-order valence-electron chi connectivity index (χ1n) is 6.75. The van der Waals surface area contributed by atoms with Crippen molar-refractivity contribution in [3.8, 4) is 0 Å². The molecule has 1 aromatic heterocycles. The van der Waals surface area contributed by atoms with Crippen LogP contribution in [0.1, 0.15) is 17.3 Å². The number of nitrogen functional groups attached to an aromatic ring is 1. The Morgan fingerprint density at radius 1 is 1.36 bits per heavy atom. The molecule has 2 rings (SSSR count). The Labute approximate surface area is 126 Å². The fraction of sp³-hybridized carbons (Fsp3) is 0.267. The van der Waals surface area contributed by atoms with E-state index in [9.17, 15) is 14.4 Å². The number of amides is 1. The van der Waals surface area contributed by atoms with Crippen LogP contribution in [0.15, 0.2) is 29.2 Å². The lowest BCUT2D eigenvalue weighted by Crippen LogP contribution is -2.35. The second-order valence-electron chi connectivity index (χ2n) is 4.95. The SMILES string of the molecule is CCn1cc(C(=O)N(C)CC(=O)O)c(=O)c2c(N)cccc21. The average Bonchev–Trinajstić information content (AvgIpc) is 2.46. The molecule has 116 valence electrons. The van der Waals surface area contributed by atoms with Gasteiger partial charge in [-0.2, -0.15) is 0 Å². The molecule has 22 heavy (non-hydrogen) atoms. The standard InChI is InChI=1S/C15H17N3O4/c1-3-18-7-9(15(22)17(2)8-12(19)20)14(21)13-10(16)5-4-6-11(13)18/h4-7H,3,8,16H2,1-2H3,(H,19,20). The lowest BCUT2D eigenvalue weighted by Gasteiger charge is -2.17. The van der Waals surface area contributed by atoms with Gasteiger partial charge in [0.2, 0.25) is 5.43 Å². The topological polar surface area (TPSA) is 106 Å². The maximum atomic E-state index is 12.6. The molecular formula is C15H17N3O4. The van der Waals surface area contributed by atoms with Crippen molar-refractivity contribution in [2.24, 2.45) is 0 Å². The summed E-state index contributed by atoms with van der Waals surface area (Å²) in [6.45, 7) is 1.94. The van der Waals surface area contributed by atoms with Crippen molar-refractivity contribution >= 4 is 28.5 Å². The molecule has 0 radical (unpaired) electrons. The number of hydrogen-bond acceptors (Lipinski definition) is 4. The first-order valence-corrected chi connectivity index (χ1v) is 6.75. The number of aromatic nitrogens is 1. The van der Waals surface area contributed by atoms with Gasteiger partial charge in [-0.25, -0.2) is 0 Å². The molecule has 0 aliphatic rings. The fourth-order valence-electron chi connectivity index (χ4n) is 2.36. The summed E-state index contributed by atoms with van der Waals surface area (Å²) < 4.78 is 1.74. The first kappa shape index (κ1) is 15.6. The lowest BCUT2D eigenvalue weighted by atomic mass is 10.1. The Kier molecular flexibility index (Phi) is 4.16. The van der Waals surface area contributed by atoms with Gasteiger partial charge >= 0.3 is 5.97 Å². The van der Waals surface area contributed by atoms with E-state index in [0.29, 0.717) is 17.7 Å². The summed E-state index contributed by atoms with van der Waals surface area (Å²) in [7, 11) is 1.34. The monoisotopic (exact) mass is 303 g/mol. The van der Waals surface area contributed by atoms with Gasteiger partial charge in [0, 0.05) is 25.5 Å². The molecule has 0 bridgehead atoms. The third-order valence-corrected chi connectivity index (χ3v) is 3.43. The van der Waals surface area contributed by atoms with Gasteiger partial charge in [0.1, 0.15) is 12.1 Å². The van der Waals surface area contributed by atoms with E-state index in [2.05, 4.69) is 0 Å². The molecule has 1 amide bonds. The predicted octanol–water partition coefficient (Wildman–Crippen LogP) is 0.760. The normalized spacial score (nSPS) is 10.6. The number of nitrogens with zero attached hydrogens (tertiary/aromatic N) is 2. The predicted molar refractivity (Wildman–Crippen MR) is 82.9 cm³/mol. The molecule has 0 saturated heterocycles. The molecule has 0 fully saturated rings. The summed E-state index contributed by atoms with van der Waals surface area (Å²) in [4.78, 5) is 36.6. The fourth-order valence-corrected chi connectivity index (χ4v) is 2.36. The van der Waals surface area contributed by atoms with Gasteiger partial charge in [0.25, 0.3) is 5.91 Å². The minimum Gasteiger partial charge on any atom is -0.480 e. The average molecular weight is 303 g/mol. The second kappa shape index (κ2) is 5.88. The maximum absolute atomic E-state index is 12.6. The molecule has 3 N–H and O–H groups in total. The third-order valence-electron chi connectivity index (χ3n) is 3.43. The Morgan fingerprint density at radius 2 is 2.05 bits per heavy atom. The van der Waals surface area contributed by atoms with E-state index in [1.165, 1.54) is 13.2 Å². The van der Waals surface area contributed by atoms with Crippen LogP contribution in [0.5, 0.6) is 0 Å². The summed E-state index contributed by atoms with van der Waals surface area (Å²) in [5.74, 6) is -1.79. The van der Waals surface area contributed by atoms with Gasteiger partial charge < -0.3 is 20.3 Å². The van der Waals surface area contributed by atoms with Gasteiger partial charge in [-0.1, -0.05) is 6.07 Å². The maximum Gasteiger partial charge on any atom is 0.323 e. The summed E-state index contributed by atoms with van der Waals surface area (Å²) in [5, 5.41) is 9.05. The van der Waals surface area contributed by atoms with Crippen LogP contribution < -0.4 is 11.2 Å². The van der Waals surface area contributed by atoms with Crippen LogP contribution in [-0.2, 0) is 11.3 Å². The van der Waals surface area contributed by atoms with E-state index >= 15 is 0 Å². The van der Waals surface area contributed by atoms with E-state index in [1.54, 1.807) is 22.8 Å². The summed E-state index contributed by atoms with van der Waals surface area (Å²) in [5.41, 5.74) is 6.24. The molecule has 0 aliphatic heterocycles. The quantitative estimate of drug-likeness (QED) is 0.811. The van der Waals surface area contributed by atoms with E-state index in [-0.39, 0.29) is 10.9 Å². The van der Waals surface area contributed by atoms with Crippen molar-refractivity contribution in [3.63, 3.8) is 0 Å². The van der Waals surface area contributed by atoms with Crippen molar-refractivity contribution in [1.82, 2.24) is 9.47 Å². The molecule has 0 spiro atoms. The number of carbonyl (C=O) groups is 2. The number of aliphatic carboxylic acids is 1. The number of carboxylic acids is 1. The van der Waals surface area contributed by atoms with E-state index in [0.717, 1.165) is 4.90 Å². The molecule has 0 aliphatic carbocycles. The van der Waals surface area contributed by atoms with Crippen molar-refractivity contribution in [3.05, 3.63) is 40.2 Å². The lowest BCUT2D eigenvalue weighted by molar-refractivity contribution is -0.137. The van der Waals surface area contributed by atoms with Crippen molar-refractivity contribution < 1.29 is 14.7 Å². The molecule has 0 atom stereocenters. The number of nitrogens with two attached hydrogens (primary N) is 1. The third kappa shape index (κ3) is 2.65. The molecular weight excluding hydrogens is 286 g/mol. The van der Waals surface area contributed by atoms with Gasteiger partial charge in [0.05, 0.1) is 10.9 Å². The zero-order valence-corrected chi connectivity index (χ0v) is 12.4. The van der Waals surface area contributed by atoms with Gasteiger partial charge in [-0.15, -0.1) is 0 Å². The smallest absolute Gasteiger partial charge is 0.323 e. The number of pyridine rings is 1. The van der Waals surface area contributed by atoms with Crippen molar-refractivity contribution in [2.45, 2.75) is 13.5 Å². The van der Waals surface area contributed by atoms with Crippen molar-refractivity contribution in [1.29, 1.82) is 0 Å². The molecule has 7 nitrogen and oxygen atoms in total. The van der Waals surface area contributed by atoms with Gasteiger partial charge in [-0.05, 0) is 19.1 Å². The number of fused-ring (bicyclic) bond motifs is 1. The number of hydrogen-bond donors (Lipinski definition) is 2. The second-order valence-corrected chi connectivity index (χ2v) is 4.95. The van der Waals surface area contributed by atoms with Crippen LogP contribution in [0.2, 0.25) is 0 Å². The number of aryl methyl sites for hydroxylation is 1. The Balaban J connectivity index is 2.68. The van der Waals surface area contributed by atoms with E-state index in [1.807, 2.05) is 6.92 Å². The van der Waals surface area contributed by atoms with Gasteiger partial charge in [-0.3, -0.25) is 14.4 Å². The van der Waals surface area contributed by atoms with Crippen LogP contribution in [0, 0.1) is 0 Å².